The molecule has 0 atom stereocenters. The fraction of sp³-hybridized carbons (Fsp3) is 0.304. The van der Waals surface area contributed by atoms with E-state index in [2.05, 4.69) is 36.3 Å². The van der Waals surface area contributed by atoms with Crippen molar-refractivity contribution in [2.75, 3.05) is 0 Å². The van der Waals surface area contributed by atoms with Gasteiger partial charge >= 0.3 is 5.97 Å². The van der Waals surface area contributed by atoms with Crippen LogP contribution in [0.25, 0.3) is 5.69 Å². The molecule has 0 saturated carbocycles. The van der Waals surface area contributed by atoms with Crippen molar-refractivity contribution in [1.82, 2.24) is 9.78 Å². The van der Waals surface area contributed by atoms with Gasteiger partial charge in [0.1, 0.15) is 12.4 Å². The number of carboxylic acid groups (broad SMARTS) is 1. The highest BCUT2D eigenvalue weighted by atomic mass is 16.5. The van der Waals surface area contributed by atoms with E-state index in [1.807, 2.05) is 41.9 Å². The van der Waals surface area contributed by atoms with Crippen molar-refractivity contribution in [1.29, 1.82) is 0 Å². The monoisotopic (exact) mass is 378 g/mol. The van der Waals surface area contributed by atoms with E-state index in [0.717, 1.165) is 41.2 Å². The number of aryl methyl sites for hydroxylation is 3. The standard InChI is InChI=1S/C23H26N2O3/c1-3-18-7-11-20(12-8-18)25-21(15-17(2)24-25)16-28-22-13-9-19(10-14-22)5-4-6-23(26)27/h7-15H,3-6,16H2,1-2H3,(H,26,27). The number of hydrogen-bond donors (Lipinski definition) is 1. The largest absolute Gasteiger partial charge is 0.487 e. The van der Waals surface area contributed by atoms with Crippen LogP contribution in [0.4, 0.5) is 0 Å². The van der Waals surface area contributed by atoms with Gasteiger partial charge in [-0.1, -0.05) is 31.2 Å². The predicted octanol–water partition coefficient (Wildman–Crippen LogP) is 4.73. The summed E-state index contributed by atoms with van der Waals surface area (Å²) < 4.78 is 7.88. The first-order chi connectivity index (χ1) is 13.5. The fourth-order valence-corrected chi connectivity index (χ4v) is 3.11. The number of carboxylic acids is 1. The third-order valence-electron chi connectivity index (χ3n) is 4.66. The lowest BCUT2D eigenvalue weighted by Gasteiger charge is -2.10. The lowest BCUT2D eigenvalue weighted by Crippen LogP contribution is -2.06. The molecule has 5 nitrogen and oxygen atoms in total. The van der Waals surface area contributed by atoms with Gasteiger partial charge in [0.15, 0.2) is 0 Å². The normalized spacial score (nSPS) is 10.8. The molecule has 28 heavy (non-hydrogen) atoms. The summed E-state index contributed by atoms with van der Waals surface area (Å²) in [6.07, 6.45) is 2.61. The summed E-state index contributed by atoms with van der Waals surface area (Å²) in [5, 5.41) is 13.3. The quantitative estimate of drug-likeness (QED) is 0.585. The first-order valence-electron chi connectivity index (χ1n) is 9.63. The summed E-state index contributed by atoms with van der Waals surface area (Å²) in [7, 11) is 0. The van der Waals surface area contributed by atoms with Crippen LogP contribution in [-0.2, 0) is 24.2 Å². The van der Waals surface area contributed by atoms with Crippen molar-refractivity contribution in [3.63, 3.8) is 0 Å². The minimum atomic E-state index is -0.754. The Labute approximate surface area is 165 Å². The zero-order valence-electron chi connectivity index (χ0n) is 16.4. The molecule has 1 N–H and O–H groups in total. The molecular weight excluding hydrogens is 352 g/mol. The van der Waals surface area contributed by atoms with Crippen LogP contribution >= 0.6 is 0 Å². The van der Waals surface area contributed by atoms with Gasteiger partial charge in [-0.3, -0.25) is 4.79 Å². The predicted molar refractivity (Wildman–Crippen MR) is 109 cm³/mol. The van der Waals surface area contributed by atoms with E-state index >= 15 is 0 Å². The molecule has 0 unspecified atom stereocenters. The second kappa shape index (κ2) is 9.22. The topological polar surface area (TPSA) is 64.4 Å². The molecule has 0 spiro atoms. The maximum Gasteiger partial charge on any atom is 0.303 e. The zero-order valence-corrected chi connectivity index (χ0v) is 16.4. The Hall–Kier alpha value is -3.08. The molecule has 0 aliphatic heterocycles. The highest BCUT2D eigenvalue weighted by molar-refractivity contribution is 5.66. The maximum atomic E-state index is 10.6. The SMILES string of the molecule is CCc1ccc(-n2nc(C)cc2COc2ccc(CCCC(=O)O)cc2)cc1. The molecule has 3 rings (SSSR count). The molecule has 2 aromatic carbocycles. The number of aliphatic carboxylic acids is 1. The fourth-order valence-electron chi connectivity index (χ4n) is 3.11. The number of carbonyl (C=O) groups is 1. The van der Waals surface area contributed by atoms with E-state index in [1.54, 1.807) is 0 Å². The van der Waals surface area contributed by atoms with Gasteiger partial charge in [-0.05, 0) is 67.6 Å². The van der Waals surface area contributed by atoms with Crippen LogP contribution in [-0.4, -0.2) is 20.9 Å². The van der Waals surface area contributed by atoms with Gasteiger partial charge in [-0.2, -0.15) is 5.10 Å². The Morgan fingerprint density at radius 3 is 2.39 bits per heavy atom. The van der Waals surface area contributed by atoms with Crippen molar-refractivity contribution in [3.8, 4) is 11.4 Å². The van der Waals surface area contributed by atoms with Gasteiger partial charge in [0, 0.05) is 6.42 Å². The van der Waals surface area contributed by atoms with Gasteiger partial charge in [-0.15, -0.1) is 0 Å². The zero-order chi connectivity index (χ0) is 19.9. The average Bonchev–Trinajstić information content (AvgIpc) is 3.08. The molecule has 0 aliphatic rings. The molecule has 3 aromatic rings. The van der Waals surface area contributed by atoms with E-state index in [4.69, 9.17) is 9.84 Å². The highest BCUT2D eigenvalue weighted by Gasteiger charge is 2.09. The Bertz CT molecular complexity index is 912. The van der Waals surface area contributed by atoms with E-state index < -0.39 is 5.97 Å². The van der Waals surface area contributed by atoms with Crippen LogP contribution in [0.15, 0.2) is 54.6 Å². The van der Waals surface area contributed by atoms with Crippen LogP contribution in [0, 0.1) is 6.92 Å². The first-order valence-corrected chi connectivity index (χ1v) is 9.63. The van der Waals surface area contributed by atoms with Gasteiger partial charge in [-0.25, -0.2) is 4.68 Å². The Morgan fingerprint density at radius 1 is 1.07 bits per heavy atom. The lowest BCUT2D eigenvalue weighted by atomic mass is 10.1. The van der Waals surface area contributed by atoms with Gasteiger partial charge in [0.2, 0.25) is 0 Å². The van der Waals surface area contributed by atoms with Gasteiger partial charge in [0.05, 0.1) is 17.1 Å². The summed E-state index contributed by atoms with van der Waals surface area (Å²) in [6.45, 7) is 4.55. The molecule has 5 heteroatoms. The number of nitrogens with zero attached hydrogens (tertiary/aromatic N) is 2. The van der Waals surface area contributed by atoms with Crippen molar-refractivity contribution in [3.05, 3.63) is 77.1 Å². The summed E-state index contributed by atoms with van der Waals surface area (Å²) in [5.74, 6) is 0.0323. The Balaban J connectivity index is 1.63. The maximum absolute atomic E-state index is 10.6. The van der Waals surface area contributed by atoms with E-state index in [-0.39, 0.29) is 6.42 Å². The number of rotatable bonds is 9. The molecule has 1 aromatic heterocycles. The number of benzene rings is 2. The molecular formula is C23H26N2O3. The van der Waals surface area contributed by atoms with E-state index in [9.17, 15) is 4.79 Å². The van der Waals surface area contributed by atoms with Crippen LogP contribution in [0.5, 0.6) is 5.75 Å². The molecule has 0 radical (unpaired) electrons. The average molecular weight is 378 g/mol. The van der Waals surface area contributed by atoms with E-state index in [0.29, 0.717) is 13.0 Å². The van der Waals surface area contributed by atoms with Crippen molar-refractivity contribution in [2.24, 2.45) is 0 Å². The second-order valence-electron chi connectivity index (χ2n) is 6.89. The molecule has 146 valence electrons. The first kappa shape index (κ1) is 19.7. The molecule has 1 heterocycles. The molecule has 0 fully saturated rings. The summed E-state index contributed by atoms with van der Waals surface area (Å²) in [5.41, 5.74) is 5.39. The lowest BCUT2D eigenvalue weighted by molar-refractivity contribution is -0.137. The minimum Gasteiger partial charge on any atom is -0.487 e. The third kappa shape index (κ3) is 5.22. The second-order valence-corrected chi connectivity index (χ2v) is 6.89. The summed E-state index contributed by atoms with van der Waals surface area (Å²) >= 11 is 0. The molecule has 0 amide bonds. The molecule has 0 saturated heterocycles. The third-order valence-corrected chi connectivity index (χ3v) is 4.66. The summed E-state index contributed by atoms with van der Waals surface area (Å²) in [6, 6.07) is 18.3. The Morgan fingerprint density at radius 2 is 1.75 bits per heavy atom. The van der Waals surface area contributed by atoms with E-state index in [1.165, 1.54) is 5.56 Å². The number of ether oxygens (including phenoxy) is 1. The van der Waals surface area contributed by atoms with Gasteiger partial charge in [0.25, 0.3) is 0 Å². The summed E-state index contributed by atoms with van der Waals surface area (Å²) in [4.78, 5) is 10.6. The van der Waals surface area contributed by atoms with Gasteiger partial charge < -0.3 is 9.84 Å². The number of aromatic nitrogens is 2. The van der Waals surface area contributed by atoms with Crippen LogP contribution in [0.1, 0.15) is 42.3 Å². The van der Waals surface area contributed by atoms with Crippen molar-refractivity contribution < 1.29 is 14.6 Å². The highest BCUT2D eigenvalue weighted by Crippen LogP contribution is 2.18. The van der Waals surface area contributed by atoms with Crippen LogP contribution in [0.2, 0.25) is 0 Å². The number of hydrogen-bond acceptors (Lipinski definition) is 3. The molecule has 0 bridgehead atoms. The smallest absolute Gasteiger partial charge is 0.303 e. The van der Waals surface area contributed by atoms with Crippen LogP contribution < -0.4 is 4.74 Å². The Kier molecular flexibility index (Phi) is 6.48. The minimum absolute atomic E-state index is 0.195. The van der Waals surface area contributed by atoms with Crippen molar-refractivity contribution in [2.45, 2.75) is 46.1 Å². The molecule has 0 aliphatic carbocycles. The van der Waals surface area contributed by atoms with Crippen LogP contribution in [0.3, 0.4) is 0 Å². The van der Waals surface area contributed by atoms with Crippen molar-refractivity contribution >= 4 is 5.97 Å².